The Labute approximate surface area is 89.6 Å². The van der Waals surface area contributed by atoms with Gasteiger partial charge in [0.15, 0.2) is 6.61 Å². The van der Waals surface area contributed by atoms with Crippen LogP contribution in [0, 0.1) is 11.8 Å². The van der Waals surface area contributed by atoms with E-state index in [0.29, 0.717) is 0 Å². The van der Waals surface area contributed by atoms with Gasteiger partial charge in [-0.05, 0) is 17.7 Å². The highest BCUT2D eigenvalue weighted by Crippen LogP contribution is 1.99. The van der Waals surface area contributed by atoms with Crippen molar-refractivity contribution in [3.8, 4) is 11.8 Å². The summed E-state index contributed by atoms with van der Waals surface area (Å²) in [6, 6.07) is 9.87. The summed E-state index contributed by atoms with van der Waals surface area (Å²) in [6.45, 7) is 1.51. The van der Waals surface area contributed by atoms with Crippen LogP contribution < -0.4 is 0 Å². The van der Waals surface area contributed by atoms with Crippen LogP contribution in [-0.2, 0) is 9.53 Å². The maximum atomic E-state index is 10.4. The molecule has 0 heterocycles. The smallest absolute Gasteiger partial charge is 0.303 e. The number of allylic oxidation sites excluding steroid dienone is 1. The topological polar surface area (TPSA) is 26.3 Å². The maximum Gasteiger partial charge on any atom is 0.303 e. The van der Waals surface area contributed by atoms with Crippen molar-refractivity contribution < 1.29 is 9.53 Å². The molecule has 0 unspecified atom stereocenters. The average Bonchev–Trinajstić information content (AvgIpc) is 2.24. The first-order valence-corrected chi connectivity index (χ1v) is 4.62. The molecule has 0 aliphatic carbocycles. The van der Waals surface area contributed by atoms with Crippen LogP contribution in [0.5, 0.6) is 0 Å². The summed E-state index contributed by atoms with van der Waals surface area (Å²) < 4.78 is 4.65. The van der Waals surface area contributed by atoms with Crippen molar-refractivity contribution in [3.05, 3.63) is 42.0 Å². The number of hydrogen-bond acceptors (Lipinski definition) is 2. The van der Waals surface area contributed by atoms with Gasteiger partial charge in [-0.2, -0.15) is 0 Å². The molecule has 0 saturated heterocycles. The van der Waals surface area contributed by atoms with Gasteiger partial charge in [-0.3, -0.25) is 4.79 Å². The first kappa shape index (κ1) is 11.1. The molecule has 0 aromatic heterocycles. The van der Waals surface area contributed by atoms with E-state index >= 15 is 0 Å². The first-order chi connectivity index (χ1) is 7.29. The monoisotopic (exact) mass is 200 g/mol. The Morgan fingerprint density at radius 3 is 2.80 bits per heavy atom. The minimum Gasteiger partial charge on any atom is -0.453 e. The van der Waals surface area contributed by atoms with E-state index in [9.17, 15) is 4.79 Å². The Balaban J connectivity index is 2.36. The molecule has 0 amide bonds. The summed E-state index contributed by atoms with van der Waals surface area (Å²) in [5.74, 6) is 5.18. The summed E-state index contributed by atoms with van der Waals surface area (Å²) >= 11 is 0. The van der Waals surface area contributed by atoms with Gasteiger partial charge >= 0.3 is 5.97 Å². The lowest BCUT2D eigenvalue weighted by molar-refractivity contribution is -0.139. The third-order valence-electron chi connectivity index (χ3n) is 1.61. The fourth-order valence-corrected chi connectivity index (χ4v) is 0.940. The summed E-state index contributed by atoms with van der Waals surface area (Å²) in [5.41, 5.74) is 1.10. The van der Waals surface area contributed by atoms with Crippen LogP contribution in [0.3, 0.4) is 0 Å². The first-order valence-electron chi connectivity index (χ1n) is 4.62. The average molecular weight is 200 g/mol. The van der Waals surface area contributed by atoms with E-state index in [4.69, 9.17) is 0 Å². The number of ether oxygens (including phenoxy) is 1. The van der Waals surface area contributed by atoms with Gasteiger partial charge < -0.3 is 4.74 Å². The highest BCUT2D eigenvalue weighted by atomic mass is 16.5. The maximum absolute atomic E-state index is 10.4. The van der Waals surface area contributed by atoms with Gasteiger partial charge in [0.1, 0.15) is 0 Å². The molecule has 15 heavy (non-hydrogen) atoms. The van der Waals surface area contributed by atoms with Crippen molar-refractivity contribution in [1.29, 1.82) is 0 Å². The largest absolute Gasteiger partial charge is 0.453 e. The zero-order chi connectivity index (χ0) is 10.9. The molecule has 1 aromatic rings. The Bertz CT molecular complexity index is 394. The predicted molar refractivity (Wildman–Crippen MR) is 59.9 cm³/mol. The quantitative estimate of drug-likeness (QED) is 0.540. The third kappa shape index (κ3) is 5.33. The van der Waals surface area contributed by atoms with Crippen LogP contribution in [0.4, 0.5) is 0 Å². The highest BCUT2D eigenvalue weighted by molar-refractivity contribution is 5.66. The van der Waals surface area contributed by atoms with Gasteiger partial charge in [0.05, 0.1) is 0 Å². The Morgan fingerprint density at radius 2 is 2.13 bits per heavy atom. The molecule has 0 radical (unpaired) electrons. The van der Waals surface area contributed by atoms with Crippen molar-refractivity contribution in [2.24, 2.45) is 0 Å². The number of rotatable bonds is 2. The molecule has 1 rings (SSSR count). The van der Waals surface area contributed by atoms with Crippen LogP contribution in [0.25, 0.3) is 6.08 Å². The molecule has 0 bridgehead atoms. The lowest BCUT2D eigenvalue weighted by Crippen LogP contribution is -1.97. The summed E-state index contributed by atoms with van der Waals surface area (Å²) in [4.78, 5) is 10.4. The zero-order valence-electron chi connectivity index (χ0n) is 8.57. The molecule has 2 heteroatoms. The van der Waals surface area contributed by atoms with Crippen LogP contribution >= 0.6 is 0 Å². The number of carbonyl (C=O) groups is 1. The van der Waals surface area contributed by atoms with E-state index in [-0.39, 0.29) is 12.6 Å². The second kappa shape index (κ2) is 6.44. The number of carbonyl (C=O) groups excluding carboxylic acids is 1. The lowest BCUT2D eigenvalue weighted by atomic mass is 10.2. The zero-order valence-corrected chi connectivity index (χ0v) is 8.57. The van der Waals surface area contributed by atoms with Crippen LogP contribution in [-0.4, -0.2) is 12.6 Å². The van der Waals surface area contributed by atoms with E-state index in [1.165, 1.54) is 6.92 Å². The second-order valence-corrected chi connectivity index (χ2v) is 2.85. The Morgan fingerprint density at radius 1 is 1.40 bits per heavy atom. The molecule has 0 spiro atoms. The molecule has 76 valence electrons. The van der Waals surface area contributed by atoms with Crippen molar-refractivity contribution in [2.45, 2.75) is 6.92 Å². The van der Waals surface area contributed by atoms with E-state index in [0.717, 1.165) is 5.56 Å². The van der Waals surface area contributed by atoms with Gasteiger partial charge in [0.2, 0.25) is 0 Å². The minimum atomic E-state index is -0.309. The lowest BCUT2D eigenvalue weighted by Gasteiger charge is -1.90. The van der Waals surface area contributed by atoms with E-state index in [1.807, 2.05) is 36.4 Å². The summed E-state index contributed by atoms with van der Waals surface area (Å²) in [5, 5.41) is 0. The molecule has 1 aromatic carbocycles. The molecule has 0 aliphatic heterocycles. The normalized spacial score (nSPS) is 9.40. The number of benzene rings is 1. The van der Waals surface area contributed by atoms with Gasteiger partial charge in [-0.15, -0.1) is 0 Å². The summed E-state index contributed by atoms with van der Waals surface area (Å²) in [6.07, 6.45) is 3.64. The SMILES string of the molecule is CC(=O)OCC#C/C=C/c1ccccc1. The van der Waals surface area contributed by atoms with Crippen molar-refractivity contribution in [2.75, 3.05) is 6.61 Å². The van der Waals surface area contributed by atoms with Crippen molar-refractivity contribution in [1.82, 2.24) is 0 Å². The Hall–Kier alpha value is -2.01. The standard InChI is InChI=1S/C13H12O2/c1-12(14)15-11-7-3-6-10-13-8-4-2-5-9-13/h2,4-6,8-10H,11H2,1H3/b10-6+. The van der Waals surface area contributed by atoms with Gasteiger partial charge in [-0.25, -0.2) is 0 Å². The van der Waals surface area contributed by atoms with Gasteiger partial charge in [0.25, 0.3) is 0 Å². The molecule has 0 saturated carbocycles. The van der Waals surface area contributed by atoms with Crippen LogP contribution in [0.15, 0.2) is 36.4 Å². The van der Waals surface area contributed by atoms with Gasteiger partial charge in [0, 0.05) is 6.92 Å². The van der Waals surface area contributed by atoms with Crippen molar-refractivity contribution >= 4 is 12.0 Å². The molecule has 0 atom stereocenters. The molecule has 0 N–H and O–H groups in total. The number of hydrogen-bond donors (Lipinski definition) is 0. The number of esters is 1. The van der Waals surface area contributed by atoms with Gasteiger partial charge in [-0.1, -0.05) is 42.2 Å². The fourth-order valence-electron chi connectivity index (χ4n) is 0.940. The molecule has 0 fully saturated rings. The fraction of sp³-hybridized carbons (Fsp3) is 0.154. The highest BCUT2D eigenvalue weighted by Gasteiger charge is 1.85. The Kier molecular flexibility index (Phi) is 4.75. The van der Waals surface area contributed by atoms with E-state index < -0.39 is 0 Å². The second-order valence-electron chi connectivity index (χ2n) is 2.85. The molecule has 0 aliphatic rings. The predicted octanol–water partition coefficient (Wildman–Crippen LogP) is 2.27. The summed E-state index contributed by atoms with van der Waals surface area (Å²) in [7, 11) is 0. The van der Waals surface area contributed by atoms with E-state index in [2.05, 4.69) is 16.6 Å². The minimum absolute atomic E-state index is 0.147. The molecule has 2 nitrogen and oxygen atoms in total. The third-order valence-corrected chi connectivity index (χ3v) is 1.61. The van der Waals surface area contributed by atoms with E-state index in [1.54, 1.807) is 6.08 Å². The van der Waals surface area contributed by atoms with Crippen LogP contribution in [0.2, 0.25) is 0 Å². The van der Waals surface area contributed by atoms with Crippen LogP contribution in [0.1, 0.15) is 12.5 Å². The molecular formula is C13H12O2. The molecular weight excluding hydrogens is 188 g/mol. The van der Waals surface area contributed by atoms with Crippen molar-refractivity contribution in [3.63, 3.8) is 0 Å².